The van der Waals surface area contributed by atoms with Crippen LogP contribution in [0.4, 0.5) is 5.82 Å². The molecular weight excluding hydrogens is 332 g/mol. The zero-order chi connectivity index (χ0) is 17.1. The first-order chi connectivity index (χ1) is 11.6. The van der Waals surface area contributed by atoms with Gasteiger partial charge in [-0.05, 0) is 6.42 Å². The van der Waals surface area contributed by atoms with E-state index >= 15 is 0 Å². The maximum Gasteiger partial charge on any atom is 0.167 e. The first-order valence-electron chi connectivity index (χ1n) is 7.92. The second-order valence-electron chi connectivity index (χ2n) is 5.69. The Morgan fingerprint density at radius 2 is 2.17 bits per heavy atom. The number of nitrogens with zero attached hydrogens (tertiary/aromatic N) is 4. The molecule has 4 atom stereocenters. The van der Waals surface area contributed by atoms with Crippen molar-refractivity contribution >= 4 is 28.9 Å². The number of aliphatic hydroxyl groups is 2. The summed E-state index contributed by atoms with van der Waals surface area (Å²) >= 11 is 1.48. The third-order valence-corrected chi connectivity index (χ3v) is 4.88. The van der Waals surface area contributed by atoms with Crippen molar-refractivity contribution in [3.05, 3.63) is 12.7 Å². The van der Waals surface area contributed by atoms with E-state index in [0.717, 1.165) is 19.4 Å². The Morgan fingerprint density at radius 3 is 2.96 bits per heavy atom. The Bertz CT molecular complexity index is 684. The van der Waals surface area contributed by atoms with Gasteiger partial charge in [-0.2, -0.15) is 0 Å². The van der Waals surface area contributed by atoms with Crippen molar-refractivity contribution in [2.45, 2.75) is 44.3 Å². The number of aromatic nitrogens is 4. The lowest BCUT2D eigenvalue weighted by Crippen LogP contribution is -2.33. The number of nitrogens with one attached hydrogen (secondary N) is 1. The predicted molar refractivity (Wildman–Crippen MR) is 91.0 cm³/mol. The van der Waals surface area contributed by atoms with Crippen molar-refractivity contribution in [1.82, 2.24) is 24.2 Å². The van der Waals surface area contributed by atoms with Crippen LogP contribution in [0.1, 0.15) is 26.0 Å². The minimum Gasteiger partial charge on any atom is -0.387 e. The maximum atomic E-state index is 10.3. The summed E-state index contributed by atoms with van der Waals surface area (Å²) in [4.78, 5) is 12.2. The Morgan fingerprint density at radius 1 is 1.33 bits per heavy atom. The van der Waals surface area contributed by atoms with E-state index in [2.05, 4.69) is 26.6 Å². The fraction of sp³-hybridized carbons (Fsp3) is 0.643. The molecule has 0 bridgehead atoms. The predicted octanol–water partition coefficient (Wildman–Crippen LogP) is 0.0656. The number of nitrogen functional groups attached to an aromatic ring is 1. The molecule has 1 saturated heterocycles. The van der Waals surface area contributed by atoms with E-state index in [1.165, 1.54) is 24.6 Å². The molecule has 1 aliphatic heterocycles. The third-order valence-electron chi connectivity index (χ3n) is 3.98. The molecule has 2 aromatic heterocycles. The van der Waals surface area contributed by atoms with Gasteiger partial charge in [-0.15, -0.1) is 0 Å². The molecule has 24 heavy (non-hydrogen) atoms. The number of hydrogen-bond acceptors (Lipinski definition) is 9. The summed E-state index contributed by atoms with van der Waals surface area (Å²) in [6, 6.07) is 0. The van der Waals surface area contributed by atoms with E-state index in [9.17, 15) is 10.2 Å². The number of fused-ring (bicyclic) bond motifs is 1. The highest BCUT2D eigenvalue weighted by molar-refractivity contribution is 7.97. The number of aliphatic hydroxyl groups excluding tert-OH is 2. The second-order valence-corrected chi connectivity index (χ2v) is 6.60. The SMILES string of the molecule is CCCCNSC[C@H]1O[C@@H](n2cnc3c(N)ncnc32)[C@H](O)[C@@H]1O. The Balaban J connectivity index is 1.69. The fourth-order valence-corrected chi connectivity index (χ4v) is 3.46. The number of unbranched alkanes of at least 4 members (excludes halogenated alkanes) is 1. The lowest BCUT2D eigenvalue weighted by atomic mass is 10.1. The van der Waals surface area contributed by atoms with Gasteiger partial charge in [-0.1, -0.05) is 25.3 Å². The normalized spacial score (nSPS) is 27.1. The number of nitrogens with two attached hydrogens (primary N) is 1. The number of rotatable bonds is 7. The van der Waals surface area contributed by atoms with Crippen LogP contribution in [0, 0.1) is 0 Å². The van der Waals surface area contributed by atoms with Crippen molar-refractivity contribution in [3.63, 3.8) is 0 Å². The molecule has 1 aliphatic rings. The Hall–Kier alpha value is -1.46. The molecule has 9 nitrogen and oxygen atoms in total. The van der Waals surface area contributed by atoms with Gasteiger partial charge in [0, 0.05) is 12.3 Å². The highest BCUT2D eigenvalue weighted by atomic mass is 32.2. The van der Waals surface area contributed by atoms with Crippen LogP contribution >= 0.6 is 11.9 Å². The Kier molecular flexibility index (Phi) is 5.51. The molecule has 1 fully saturated rings. The number of hydrogen-bond donors (Lipinski definition) is 4. The standard InChI is InChI=1S/C14H22N6O3S/c1-2-3-4-19-24-5-8-10(21)11(22)14(23-8)20-7-18-9-12(15)16-6-17-13(9)20/h6-8,10-11,14,19,21-22H,2-5H2,1H3,(H2,15,16,17)/t8-,10-,11-,14-/m1/s1. The van der Waals surface area contributed by atoms with Crippen molar-refractivity contribution in [1.29, 1.82) is 0 Å². The molecule has 0 spiro atoms. The van der Waals surface area contributed by atoms with E-state index in [0.29, 0.717) is 16.9 Å². The van der Waals surface area contributed by atoms with Gasteiger partial charge in [0.1, 0.15) is 24.1 Å². The second kappa shape index (κ2) is 7.62. The van der Waals surface area contributed by atoms with Gasteiger partial charge < -0.3 is 20.7 Å². The molecule has 3 heterocycles. The summed E-state index contributed by atoms with van der Waals surface area (Å²) in [5.74, 6) is 0.793. The van der Waals surface area contributed by atoms with E-state index in [1.807, 2.05) is 0 Å². The highest BCUT2D eigenvalue weighted by Crippen LogP contribution is 2.32. The molecular formula is C14H22N6O3S. The lowest BCUT2D eigenvalue weighted by molar-refractivity contribution is -0.0289. The molecule has 0 aromatic carbocycles. The summed E-state index contributed by atoms with van der Waals surface area (Å²) in [5.41, 5.74) is 6.68. The first-order valence-corrected chi connectivity index (χ1v) is 8.91. The van der Waals surface area contributed by atoms with E-state index < -0.39 is 24.5 Å². The smallest absolute Gasteiger partial charge is 0.167 e. The summed E-state index contributed by atoms with van der Waals surface area (Å²) in [7, 11) is 0. The minimum absolute atomic E-state index is 0.263. The summed E-state index contributed by atoms with van der Waals surface area (Å²) in [6.07, 6.45) is 1.74. The summed E-state index contributed by atoms with van der Waals surface area (Å²) in [6.45, 7) is 3.03. The number of imidazole rings is 1. The summed E-state index contributed by atoms with van der Waals surface area (Å²) in [5, 5.41) is 20.6. The van der Waals surface area contributed by atoms with Crippen molar-refractivity contribution in [2.75, 3.05) is 18.0 Å². The topological polar surface area (TPSA) is 131 Å². The van der Waals surface area contributed by atoms with Crippen LogP contribution < -0.4 is 10.5 Å². The molecule has 10 heteroatoms. The maximum absolute atomic E-state index is 10.3. The van der Waals surface area contributed by atoms with Crippen molar-refractivity contribution in [2.24, 2.45) is 0 Å². The van der Waals surface area contributed by atoms with Crippen LogP contribution in [0.5, 0.6) is 0 Å². The van der Waals surface area contributed by atoms with Gasteiger partial charge in [0.15, 0.2) is 17.7 Å². The largest absolute Gasteiger partial charge is 0.387 e. The highest BCUT2D eigenvalue weighted by Gasteiger charge is 2.44. The average molecular weight is 354 g/mol. The third kappa shape index (κ3) is 3.33. The van der Waals surface area contributed by atoms with Gasteiger partial charge in [-0.25, -0.2) is 15.0 Å². The van der Waals surface area contributed by atoms with Gasteiger partial charge in [-0.3, -0.25) is 9.29 Å². The van der Waals surface area contributed by atoms with Crippen LogP contribution in [-0.2, 0) is 4.74 Å². The van der Waals surface area contributed by atoms with E-state index in [1.54, 1.807) is 4.57 Å². The molecule has 132 valence electrons. The minimum atomic E-state index is -1.07. The zero-order valence-corrected chi connectivity index (χ0v) is 14.2. The van der Waals surface area contributed by atoms with Gasteiger partial charge >= 0.3 is 0 Å². The number of anilines is 1. The zero-order valence-electron chi connectivity index (χ0n) is 13.4. The van der Waals surface area contributed by atoms with Crippen LogP contribution in [0.15, 0.2) is 12.7 Å². The molecule has 0 radical (unpaired) electrons. The van der Waals surface area contributed by atoms with Crippen molar-refractivity contribution < 1.29 is 14.9 Å². The van der Waals surface area contributed by atoms with E-state index in [-0.39, 0.29) is 5.82 Å². The fourth-order valence-electron chi connectivity index (χ4n) is 2.62. The van der Waals surface area contributed by atoms with E-state index in [4.69, 9.17) is 10.5 Å². The van der Waals surface area contributed by atoms with Gasteiger partial charge in [0.25, 0.3) is 0 Å². The van der Waals surface area contributed by atoms with Crippen LogP contribution in [0.3, 0.4) is 0 Å². The number of ether oxygens (including phenoxy) is 1. The summed E-state index contributed by atoms with van der Waals surface area (Å²) < 4.78 is 10.6. The van der Waals surface area contributed by atoms with Crippen molar-refractivity contribution in [3.8, 4) is 0 Å². The molecule has 2 aromatic rings. The molecule has 5 N–H and O–H groups in total. The molecule has 0 saturated carbocycles. The van der Waals surface area contributed by atoms with Crippen LogP contribution in [-0.4, -0.2) is 60.3 Å². The molecule has 3 rings (SSSR count). The Labute approximate surface area is 143 Å². The van der Waals surface area contributed by atoms with Crippen LogP contribution in [0.25, 0.3) is 11.2 Å². The molecule has 0 aliphatic carbocycles. The lowest BCUT2D eigenvalue weighted by Gasteiger charge is -2.16. The van der Waals surface area contributed by atoms with Gasteiger partial charge in [0.2, 0.25) is 0 Å². The quantitative estimate of drug-likeness (QED) is 0.403. The molecule has 0 unspecified atom stereocenters. The average Bonchev–Trinajstić information content (AvgIpc) is 3.12. The first kappa shape index (κ1) is 17.4. The van der Waals surface area contributed by atoms with Gasteiger partial charge in [0.05, 0.1) is 12.4 Å². The monoisotopic (exact) mass is 354 g/mol. The molecule has 0 amide bonds. The van der Waals surface area contributed by atoms with Crippen LogP contribution in [0.2, 0.25) is 0 Å².